The molecule has 0 atom stereocenters. The Balaban J connectivity index is 0.905. The van der Waals surface area contributed by atoms with Gasteiger partial charge in [-0.05, 0) is 171 Å². The van der Waals surface area contributed by atoms with E-state index in [0.29, 0.717) is 5.52 Å². The SMILES string of the molecule is CCCCCCCCC1(CCCCCCCC)c2cc(-c3ccc(-c4ccc(-c5ccc(O)c6ncccc56)cc4)s3)ccc2-c2ccc(-c3c4nc(c(-c5ccccc5)c5ccc([nH]5)c(-c5ccccc5)c5nc(c(-c6ccccc6)c6ccc3[nH]6)C=C5)C=C4)cc21. The van der Waals surface area contributed by atoms with Crippen LogP contribution in [-0.4, -0.2) is 30.0 Å². The van der Waals surface area contributed by atoms with E-state index in [9.17, 15) is 5.11 Å². The first-order valence-electron chi connectivity index (χ1n) is 33.8. The van der Waals surface area contributed by atoms with E-state index in [1.54, 1.807) is 12.3 Å². The molecule has 93 heavy (non-hydrogen) atoms. The summed E-state index contributed by atoms with van der Waals surface area (Å²) in [5.74, 6) is 0.198. The molecule has 3 aliphatic rings. The molecule has 1 aliphatic carbocycles. The first-order chi connectivity index (χ1) is 45.9. The Morgan fingerprint density at radius 3 is 1.27 bits per heavy atom. The van der Waals surface area contributed by atoms with Crippen molar-refractivity contribution in [2.45, 2.75) is 109 Å². The number of aromatic nitrogens is 5. The lowest BCUT2D eigenvalue weighted by Crippen LogP contribution is -2.25. The van der Waals surface area contributed by atoms with Crippen LogP contribution in [0.15, 0.2) is 219 Å². The summed E-state index contributed by atoms with van der Waals surface area (Å²) in [4.78, 5) is 26.4. The number of H-pyrrole nitrogens is 2. The highest BCUT2D eigenvalue weighted by Gasteiger charge is 2.43. The number of nitrogens with one attached hydrogen (secondary N) is 2. The average Bonchev–Trinajstić information content (AvgIpc) is 1.57. The van der Waals surface area contributed by atoms with Crippen LogP contribution in [0.4, 0.5) is 0 Å². The molecule has 12 aromatic rings. The minimum absolute atomic E-state index is 0.198. The molecule has 2 aliphatic heterocycles. The van der Waals surface area contributed by atoms with Gasteiger partial charge in [0.2, 0.25) is 0 Å². The molecule has 0 spiro atoms. The molecule has 7 heterocycles. The van der Waals surface area contributed by atoms with E-state index >= 15 is 0 Å². The normalized spacial score (nSPS) is 12.8. The van der Waals surface area contributed by atoms with Gasteiger partial charge >= 0.3 is 0 Å². The smallest absolute Gasteiger partial charge is 0.141 e. The Kier molecular flexibility index (Phi) is 16.8. The third kappa shape index (κ3) is 11.6. The van der Waals surface area contributed by atoms with E-state index in [4.69, 9.17) is 9.97 Å². The largest absolute Gasteiger partial charge is 0.506 e. The van der Waals surface area contributed by atoms with Gasteiger partial charge < -0.3 is 15.1 Å². The molecular weight excluding hydrogens is 1150 g/mol. The summed E-state index contributed by atoms with van der Waals surface area (Å²) in [6.07, 6.45) is 27.7. The van der Waals surface area contributed by atoms with Gasteiger partial charge in [-0.2, -0.15) is 0 Å². The number of aromatic amines is 2. The molecule has 3 N–H and O–H groups in total. The first kappa shape index (κ1) is 59.4. The standard InChI is InChI=1S/C86H77N5OS/c1-3-5-7-9-11-22-52-86(53-23-12-10-8-6-4-2)68-55-62(80-51-50-79(93-80)58-34-32-57(33-35-58)64-40-49-78(92)85-67(64)31-24-54-87-85)36-38-65(68)66-39-37-63(56-69(66)86)84-76-47-45-74(90-76)82(60-27-18-14-19-28-60)72-43-41-70(88-72)81(59-25-16-13-17-26-59)71-42-44-73(89-71)83(61-29-20-15-21-30-61)75-46-48-77(84)91-75/h13-21,24-51,54-56,88,91-92H,3-12,22-23,52-53H2,1-2H3. The van der Waals surface area contributed by atoms with E-state index in [1.807, 2.05) is 29.5 Å². The second-order valence-electron chi connectivity index (χ2n) is 25.5. The molecule has 8 bridgehead atoms. The van der Waals surface area contributed by atoms with Crippen molar-refractivity contribution in [3.63, 3.8) is 0 Å². The number of phenols is 1. The number of hydrogen-bond donors (Lipinski definition) is 3. The van der Waals surface area contributed by atoms with Crippen molar-refractivity contribution in [3.8, 4) is 93.4 Å². The number of fused-ring (bicyclic) bond motifs is 12. The van der Waals surface area contributed by atoms with Crippen LogP contribution in [0, 0.1) is 0 Å². The van der Waals surface area contributed by atoms with Crippen molar-refractivity contribution in [1.29, 1.82) is 0 Å². The van der Waals surface area contributed by atoms with Crippen LogP contribution in [0.3, 0.4) is 0 Å². The lowest BCUT2D eigenvalue weighted by atomic mass is 9.70. The van der Waals surface area contributed by atoms with Crippen molar-refractivity contribution < 1.29 is 5.11 Å². The van der Waals surface area contributed by atoms with Gasteiger partial charge in [0.1, 0.15) is 11.3 Å². The quantitative estimate of drug-likeness (QED) is 0.0625. The number of hydrogen-bond acceptors (Lipinski definition) is 5. The molecule has 5 aromatic heterocycles. The summed E-state index contributed by atoms with van der Waals surface area (Å²) < 4.78 is 0. The van der Waals surface area contributed by atoms with Crippen LogP contribution >= 0.6 is 11.3 Å². The van der Waals surface area contributed by atoms with E-state index in [1.165, 1.54) is 120 Å². The van der Waals surface area contributed by atoms with E-state index in [0.717, 1.165) is 119 Å². The second kappa shape index (κ2) is 26.3. The van der Waals surface area contributed by atoms with Crippen LogP contribution in [0.1, 0.15) is 138 Å². The van der Waals surface area contributed by atoms with Gasteiger partial charge in [0.05, 0.1) is 22.8 Å². The summed E-state index contributed by atoms with van der Waals surface area (Å²) in [7, 11) is 0. The molecule has 458 valence electrons. The number of pyridine rings is 1. The molecular formula is C86H77N5OS. The lowest BCUT2D eigenvalue weighted by Gasteiger charge is -2.33. The Hall–Kier alpha value is -9.95. The molecule has 0 saturated carbocycles. The fraction of sp³-hybridized carbons (Fsp3) is 0.198. The van der Waals surface area contributed by atoms with Gasteiger partial charge in [-0.1, -0.05) is 236 Å². The Bertz CT molecular complexity index is 4900. The topological polar surface area (TPSA) is 90.5 Å². The predicted octanol–water partition coefficient (Wildman–Crippen LogP) is 24.4. The Labute approximate surface area is 550 Å². The molecule has 0 radical (unpaired) electrons. The molecule has 0 saturated heterocycles. The fourth-order valence-corrected chi connectivity index (χ4v) is 16.0. The molecule has 7 aromatic carbocycles. The average molecular weight is 1230 g/mol. The minimum Gasteiger partial charge on any atom is -0.506 e. The zero-order valence-electron chi connectivity index (χ0n) is 53.2. The molecule has 7 heteroatoms. The van der Waals surface area contributed by atoms with E-state index in [2.05, 4.69) is 241 Å². The monoisotopic (exact) mass is 1230 g/mol. The van der Waals surface area contributed by atoms with Crippen LogP contribution in [-0.2, 0) is 5.41 Å². The van der Waals surface area contributed by atoms with Crippen molar-refractivity contribution in [2.75, 3.05) is 0 Å². The Morgan fingerprint density at radius 2 is 0.774 bits per heavy atom. The maximum absolute atomic E-state index is 10.6. The van der Waals surface area contributed by atoms with Crippen LogP contribution in [0.25, 0.3) is 145 Å². The van der Waals surface area contributed by atoms with Crippen molar-refractivity contribution in [1.82, 2.24) is 24.9 Å². The molecule has 15 rings (SSSR count). The van der Waals surface area contributed by atoms with Crippen molar-refractivity contribution >= 4 is 68.6 Å². The summed E-state index contributed by atoms with van der Waals surface area (Å²) in [5.41, 5.74) is 26.9. The lowest BCUT2D eigenvalue weighted by molar-refractivity contribution is 0.398. The summed E-state index contributed by atoms with van der Waals surface area (Å²) in [6.45, 7) is 4.64. The third-order valence-corrected chi connectivity index (χ3v) is 20.8. The minimum atomic E-state index is -0.203. The van der Waals surface area contributed by atoms with Crippen molar-refractivity contribution in [3.05, 3.63) is 252 Å². The van der Waals surface area contributed by atoms with Gasteiger partial charge in [0.15, 0.2) is 0 Å². The van der Waals surface area contributed by atoms with Crippen molar-refractivity contribution in [2.24, 2.45) is 0 Å². The molecule has 6 nitrogen and oxygen atoms in total. The van der Waals surface area contributed by atoms with Gasteiger partial charge in [-0.25, -0.2) is 9.97 Å². The van der Waals surface area contributed by atoms with Gasteiger partial charge in [0, 0.05) is 71.1 Å². The number of aromatic hydroxyl groups is 1. The number of phenolic OH excluding ortho intramolecular Hbond substituents is 1. The molecule has 0 amide bonds. The number of rotatable bonds is 21. The Morgan fingerprint density at radius 1 is 0.366 bits per heavy atom. The number of unbranched alkanes of at least 4 members (excludes halogenated alkanes) is 10. The van der Waals surface area contributed by atoms with Gasteiger partial charge in [-0.15, -0.1) is 11.3 Å². The van der Waals surface area contributed by atoms with E-state index in [-0.39, 0.29) is 11.2 Å². The van der Waals surface area contributed by atoms with E-state index < -0.39 is 0 Å². The van der Waals surface area contributed by atoms with Gasteiger partial charge in [0.25, 0.3) is 0 Å². The highest BCUT2D eigenvalue weighted by molar-refractivity contribution is 7.18. The number of nitrogens with zero attached hydrogens (tertiary/aromatic N) is 3. The third-order valence-electron chi connectivity index (χ3n) is 19.6. The maximum atomic E-state index is 10.6. The fourth-order valence-electron chi connectivity index (χ4n) is 15.0. The zero-order chi connectivity index (χ0) is 62.7. The van der Waals surface area contributed by atoms with Gasteiger partial charge in [-0.3, -0.25) is 4.98 Å². The molecule has 0 unspecified atom stereocenters. The second-order valence-corrected chi connectivity index (χ2v) is 26.6. The predicted molar refractivity (Wildman–Crippen MR) is 394 cm³/mol. The highest BCUT2D eigenvalue weighted by Crippen LogP contribution is 2.57. The summed E-state index contributed by atoms with van der Waals surface area (Å²) in [6, 6.07) is 77.2. The highest BCUT2D eigenvalue weighted by atomic mass is 32.1. The molecule has 0 fully saturated rings. The number of thiophene rings is 1. The number of benzene rings is 7. The zero-order valence-corrected chi connectivity index (χ0v) is 54.0. The maximum Gasteiger partial charge on any atom is 0.141 e. The van der Waals surface area contributed by atoms with Crippen LogP contribution < -0.4 is 0 Å². The van der Waals surface area contributed by atoms with Crippen LogP contribution in [0.5, 0.6) is 5.75 Å². The van der Waals surface area contributed by atoms with Crippen LogP contribution in [0.2, 0.25) is 0 Å². The first-order valence-corrected chi connectivity index (χ1v) is 34.6. The summed E-state index contributed by atoms with van der Waals surface area (Å²) >= 11 is 1.87. The summed E-state index contributed by atoms with van der Waals surface area (Å²) in [5, 5.41) is 11.6.